The first-order valence-corrected chi connectivity index (χ1v) is 11.8. The second-order valence-corrected chi connectivity index (χ2v) is 10.1. The molecule has 1 aromatic heterocycles. The number of para-hydroxylation sites is 1. The van der Waals surface area contributed by atoms with Crippen molar-refractivity contribution in [3.05, 3.63) is 52.2 Å². The zero-order valence-electron chi connectivity index (χ0n) is 17.2. The first-order valence-electron chi connectivity index (χ1n) is 10.0. The van der Waals surface area contributed by atoms with E-state index >= 15 is 0 Å². The smallest absolute Gasteiger partial charge is 0.259 e. The highest BCUT2D eigenvalue weighted by atomic mass is 32.2. The Morgan fingerprint density at radius 3 is 2.77 bits per heavy atom. The Labute approximate surface area is 184 Å². The van der Waals surface area contributed by atoms with Gasteiger partial charge in [-0.2, -0.15) is 0 Å². The van der Waals surface area contributed by atoms with E-state index in [1.54, 1.807) is 16.2 Å². The molecular formula is C22H24N4O2S2. The van der Waals surface area contributed by atoms with Crippen LogP contribution in [-0.4, -0.2) is 39.0 Å². The van der Waals surface area contributed by atoms with Gasteiger partial charge in [0.15, 0.2) is 5.17 Å². The first kappa shape index (κ1) is 20.8. The molecule has 0 saturated carbocycles. The summed E-state index contributed by atoms with van der Waals surface area (Å²) in [5.74, 6) is 0.851. The molecule has 30 heavy (non-hydrogen) atoms. The third-order valence-electron chi connectivity index (χ3n) is 4.91. The lowest BCUT2D eigenvalue weighted by molar-refractivity contribution is -0.125. The number of hydrogen-bond acceptors (Lipinski definition) is 6. The van der Waals surface area contributed by atoms with Gasteiger partial charge in [0, 0.05) is 10.4 Å². The van der Waals surface area contributed by atoms with Crippen molar-refractivity contribution >= 4 is 51.6 Å². The van der Waals surface area contributed by atoms with Crippen LogP contribution in [0.1, 0.15) is 37.6 Å². The minimum atomic E-state index is -0.403. The summed E-state index contributed by atoms with van der Waals surface area (Å²) in [5, 5.41) is 5.07. The van der Waals surface area contributed by atoms with E-state index in [2.05, 4.69) is 19.2 Å². The van der Waals surface area contributed by atoms with Crippen LogP contribution < -0.4 is 5.32 Å². The van der Waals surface area contributed by atoms with Crippen LogP contribution in [0.15, 0.2) is 51.8 Å². The van der Waals surface area contributed by atoms with Crippen LogP contribution in [0.3, 0.4) is 0 Å². The van der Waals surface area contributed by atoms with Crippen molar-refractivity contribution in [1.82, 2.24) is 10.2 Å². The second kappa shape index (κ2) is 8.73. The van der Waals surface area contributed by atoms with E-state index in [9.17, 15) is 9.59 Å². The predicted molar refractivity (Wildman–Crippen MR) is 123 cm³/mol. The SMILES string of the molecule is CC(C)C[C@@H]1N=C2c3ccccc3N=C(S[C@H](C)C(=O)NCc3cccs3)N2C1=O. The van der Waals surface area contributed by atoms with Gasteiger partial charge in [-0.05, 0) is 42.8 Å². The molecule has 0 spiro atoms. The van der Waals surface area contributed by atoms with Crippen LogP contribution >= 0.6 is 23.1 Å². The van der Waals surface area contributed by atoms with Crippen molar-refractivity contribution in [3.8, 4) is 0 Å². The topological polar surface area (TPSA) is 74.1 Å². The van der Waals surface area contributed by atoms with Crippen LogP contribution in [0.2, 0.25) is 0 Å². The number of aliphatic imine (C=N–C) groups is 2. The van der Waals surface area contributed by atoms with E-state index in [-0.39, 0.29) is 11.8 Å². The number of nitrogens with one attached hydrogen (secondary N) is 1. The van der Waals surface area contributed by atoms with E-state index in [1.165, 1.54) is 11.8 Å². The van der Waals surface area contributed by atoms with Crippen LogP contribution in [0.5, 0.6) is 0 Å². The molecule has 0 radical (unpaired) electrons. The molecule has 156 valence electrons. The van der Waals surface area contributed by atoms with Crippen LogP contribution in [0, 0.1) is 5.92 Å². The Bertz CT molecular complexity index is 1010. The fraction of sp³-hybridized carbons (Fsp3) is 0.364. The van der Waals surface area contributed by atoms with Gasteiger partial charge in [-0.3, -0.25) is 14.6 Å². The summed E-state index contributed by atoms with van der Waals surface area (Å²) >= 11 is 2.90. The van der Waals surface area contributed by atoms with Gasteiger partial charge in [0.1, 0.15) is 11.9 Å². The Morgan fingerprint density at radius 1 is 1.23 bits per heavy atom. The fourth-order valence-electron chi connectivity index (χ4n) is 3.42. The standard InChI is InChI=1S/C22H24N4O2S2/c1-13(2)11-18-21(28)26-19(24-18)16-8-4-5-9-17(16)25-22(26)30-14(3)20(27)23-12-15-7-6-10-29-15/h4-10,13-14,18H,11-12H2,1-3H3,(H,23,27)/t14-,18+/m1/s1. The first-order chi connectivity index (χ1) is 14.4. The molecule has 0 unspecified atom stereocenters. The normalized spacial score (nSPS) is 18.6. The number of amidine groups is 2. The summed E-state index contributed by atoms with van der Waals surface area (Å²) in [6.07, 6.45) is 0.690. The van der Waals surface area contributed by atoms with Gasteiger partial charge < -0.3 is 5.32 Å². The molecule has 3 heterocycles. The van der Waals surface area contributed by atoms with Crippen LogP contribution in [-0.2, 0) is 16.1 Å². The molecule has 4 rings (SSSR count). The average Bonchev–Trinajstić information content (AvgIpc) is 3.34. The van der Waals surface area contributed by atoms with E-state index < -0.39 is 11.3 Å². The number of nitrogens with zero attached hydrogens (tertiary/aromatic N) is 3. The van der Waals surface area contributed by atoms with Gasteiger partial charge in [-0.25, -0.2) is 9.89 Å². The van der Waals surface area contributed by atoms with E-state index in [0.717, 1.165) is 16.1 Å². The van der Waals surface area contributed by atoms with Gasteiger partial charge in [0.2, 0.25) is 5.91 Å². The zero-order valence-corrected chi connectivity index (χ0v) is 18.8. The second-order valence-electron chi connectivity index (χ2n) is 7.74. The predicted octanol–water partition coefficient (Wildman–Crippen LogP) is 4.19. The number of hydrogen-bond donors (Lipinski definition) is 1. The minimum absolute atomic E-state index is 0.0642. The number of fused-ring (bicyclic) bond motifs is 3. The van der Waals surface area contributed by atoms with Crippen LogP contribution in [0.4, 0.5) is 5.69 Å². The molecule has 8 heteroatoms. The van der Waals surface area contributed by atoms with Gasteiger partial charge in [-0.15, -0.1) is 11.3 Å². The highest BCUT2D eigenvalue weighted by Crippen LogP contribution is 2.35. The van der Waals surface area contributed by atoms with Gasteiger partial charge in [-0.1, -0.05) is 43.8 Å². The van der Waals surface area contributed by atoms with Gasteiger partial charge in [0.25, 0.3) is 5.91 Å². The van der Waals surface area contributed by atoms with Crippen molar-refractivity contribution in [3.63, 3.8) is 0 Å². The monoisotopic (exact) mass is 440 g/mol. The highest BCUT2D eigenvalue weighted by molar-refractivity contribution is 8.15. The summed E-state index contributed by atoms with van der Waals surface area (Å²) in [4.78, 5) is 37.9. The van der Waals surface area contributed by atoms with E-state index in [4.69, 9.17) is 9.98 Å². The van der Waals surface area contributed by atoms with Gasteiger partial charge in [0.05, 0.1) is 17.5 Å². The maximum atomic E-state index is 13.1. The number of thiophene rings is 1. The summed E-state index contributed by atoms with van der Waals surface area (Å²) in [6, 6.07) is 11.2. The van der Waals surface area contributed by atoms with Gasteiger partial charge >= 0.3 is 0 Å². The Morgan fingerprint density at radius 2 is 2.03 bits per heavy atom. The molecule has 2 amide bonds. The third kappa shape index (κ3) is 4.20. The van der Waals surface area contributed by atoms with Crippen molar-refractivity contribution in [2.45, 2.75) is 45.0 Å². The number of rotatable bonds is 6. The van der Waals surface area contributed by atoms with Crippen molar-refractivity contribution < 1.29 is 9.59 Å². The Balaban J connectivity index is 1.55. The lowest BCUT2D eigenvalue weighted by atomic mass is 10.0. The third-order valence-corrected chi connectivity index (χ3v) is 6.84. The highest BCUT2D eigenvalue weighted by Gasteiger charge is 2.42. The largest absolute Gasteiger partial charge is 0.350 e. The van der Waals surface area contributed by atoms with Crippen molar-refractivity contribution in [2.24, 2.45) is 15.9 Å². The molecule has 2 aromatic rings. The number of thioether (sulfide) groups is 1. The van der Waals surface area contributed by atoms with Crippen molar-refractivity contribution in [1.29, 1.82) is 0 Å². The maximum absolute atomic E-state index is 13.1. The molecule has 0 saturated heterocycles. The molecule has 0 bridgehead atoms. The summed E-state index contributed by atoms with van der Waals surface area (Å²) in [6.45, 7) is 6.51. The lowest BCUT2D eigenvalue weighted by Crippen LogP contribution is -2.43. The molecular weight excluding hydrogens is 416 g/mol. The summed E-state index contributed by atoms with van der Waals surface area (Å²) in [7, 11) is 0. The summed E-state index contributed by atoms with van der Waals surface area (Å²) < 4.78 is 0. The quantitative estimate of drug-likeness (QED) is 0.732. The lowest BCUT2D eigenvalue weighted by Gasteiger charge is -2.27. The molecule has 1 aromatic carbocycles. The number of benzene rings is 1. The molecule has 1 N–H and O–H groups in total. The van der Waals surface area contributed by atoms with E-state index in [1.807, 2.05) is 48.7 Å². The molecule has 2 atom stereocenters. The Kier molecular flexibility index (Phi) is 6.06. The number of carbonyl (C=O) groups excluding carboxylic acids is 2. The average molecular weight is 441 g/mol. The maximum Gasteiger partial charge on any atom is 0.259 e. The Hall–Kier alpha value is -2.45. The molecule has 0 aliphatic carbocycles. The van der Waals surface area contributed by atoms with Crippen LogP contribution in [0.25, 0.3) is 0 Å². The number of carbonyl (C=O) groups is 2. The zero-order chi connectivity index (χ0) is 21.3. The molecule has 0 fully saturated rings. The van der Waals surface area contributed by atoms with E-state index in [0.29, 0.717) is 29.9 Å². The minimum Gasteiger partial charge on any atom is -0.350 e. The molecule has 2 aliphatic rings. The molecule has 6 nitrogen and oxygen atoms in total. The molecule has 2 aliphatic heterocycles. The van der Waals surface area contributed by atoms with Crippen molar-refractivity contribution in [2.75, 3.05) is 0 Å². The number of amides is 2. The summed E-state index contributed by atoms with van der Waals surface area (Å²) in [5.41, 5.74) is 1.63. The fourth-order valence-corrected chi connectivity index (χ4v) is 5.01.